The Bertz CT molecular complexity index is 330. The summed E-state index contributed by atoms with van der Waals surface area (Å²) in [7, 11) is 0. The third kappa shape index (κ3) is 3.79. The van der Waals surface area contributed by atoms with Crippen molar-refractivity contribution in [2.45, 2.75) is 71.0 Å². The lowest BCUT2D eigenvalue weighted by molar-refractivity contribution is -0.129. The van der Waals surface area contributed by atoms with Gasteiger partial charge in [-0.15, -0.1) is 0 Å². The molecule has 3 nitrogen and oxygen atoms in total. The van der Waals surface area contributed by atoms with Crippen molar-refractivity contribution in [1.29, 1.82) is 0 Å². The summed E-state index contributed by atoms with van der Waals surface area (Å²) in [5.74, 6) is 1.16. The fourth-order valence-corrected chi connectivity index (χ4v) is 3.75. The lowest BCUT2D eigenvalue weighted by Crippen LogP contribution is -2.35. The van der Waals surface area contributed by atoms with Crippen LogP contribution in [0.5, 0.6) is 0 Å². The number of nitrogens with one attached hydrogen (secondary N) is 1. The Morgan fingerprint density at radius 3 is 2.58 bits per heavy atom. The maximum atomic E-state index is 12.5. The van der Waals surface area contributed by atoms with Crippen LogP contribution in [-0.2, 0) is 9.53 Å². The van der Waals surface area contributed by atoms with Crippen molar-refractivity contribution in [1.82, 2.24) is 5.32 Å². The SMILES string of the molecule is CC1(C)CC(C(=O)CCC2CCCNC2)C(C)(C)O1. The maximum Gasteiger partial charge on any atom is 0.138 e. The highest BCUT2D eigenvalue weighted by Crippen LogP contribution is 2.43. The fraction of sp³-hybridized carbons (Fsp3) is 0.938. The maximum absolute atomic E-state index is 12.5. The van der Waals surface area contributed by atoms with Crippen LogP contribution in [0.15, 0.2) is 0 Å². The van der Waals surface area contributed by atoms with Crippen LogP contribution in [0.4, 0.5) is 0 Å². The van der Waals surface area contributed by atoms with Crippen LogP contribution >= 0.6 is 0 Å². The molecule has 0 spiro atoms. The molecule has 1 N–H and O–H groups in total. The van der Waals surface area contributed by atoms with Crippen LogP contribution in [0.25, 0.3) is 0 Å². The van der Waals surface area contributed by atoms with Crippen molar-refractivity contribution in [3.8, 4) is 0 Å². The average Bonchev–Trinajstić information content (AvgIpc) is 2.56. The molecule has 2 saturated heterocycles. The molecule has 2 rings (SSSR count). The normalized spacial score (nSPS) is 33.3. The summed E-state index contributed by atoms with van der Waals surface area (Å²) in [5.41, 5.74) is -0.457. The van der Waals surface area contributed by atoms with E-state index in [0.29, 0.717) is 11.7 Å². The molecule has 0 aromatic heterocycles. The molecule has 2 heterocycles. The minimum absolute atomic E-state index is 0.0686. The van der Waals surface area contributed by atoms with Gasteiger partial charge in [0.05, 0.1) is 11.2 Å². The van der Waals surface area contributed by atoms with Gasteiger partial charge in [-0.05, 0) is 72.4 Å². The van der Waals surface area contributed by atoms with Gasteiger partial charge < -0.3 is 10.1 Å². The third-order valence-electron chi connectivity index (χ3n) is 4.66. The topological polar surface area (TPSA) is 38.3 Å². The van der Waals surface area contributed by atoms with Gasteiger partial charge in [0.15, 0.2) is 0 Å². The van der Waals surface area contributed by atoms with Crippen molar-refractivity contribution in [2.24, 2.45) is 11.8 Å². The zero-order valence-corrected chi connectivity index (χ0v) is 12.9. The Morgan fingerprint density at radius 1 is 1.32 bits per heavy atom. The molecule has 0 aromatic carbocycles. The van der Waals surface area contributed by atoms with E-state index in [1.54, 1.807) is 0 Å². The molecule has 2 atom stereocenters. The van der Waals surface area contributed by atoms with Crippen molar-refractivity contribution in [3.05, 3.63) is 0 Å². The first kappa shape index (κ1) is 15.0. The predicted octanol–water partition coefficient (Wildman–Crippen LogP) is 2.93. The molecule has 0 radical (unpaired) electrons. The molecule has 0 aliphatic carbocycles. The van der Waals surface area contributed by atoms with Crippen LogP contribution in [0.3, 0.4) is 0 Å². The molecule has 0 saturated carbocycles. The number of piperidine rings is 1. The summed E-state index contributed by atoms with van der Waals surface area (Å²) >= 11 is 0. The Balaban J connectivity index is 1.85. The van der Waals surface area contributed by atoms with Crippen LogP contribution in [-0.4, -0.2) is 30.1 Å². The minimum Gasteiger partial charge on any atom is -0.369 e. The number of hydrogen-bond donors (Lipinski definition) is 1. The number of ketones is 1. The quantitative estimate of drug-likeness (QED) is 0.851. The van der Waals surface area contributed by atoms with Crippen molar-refractivity contribution < 1.29 is 9.53 Å². The second-order valence-electron chi connectivity index (χ2n) is 7.44. The molecule has 0 aromatic rings. The number of carbonyl (C=O) groups is 1. The second-order valence-corrected chi connectivity index (χ2v) is 7.44. The largest absolute Gasteiger partial charge is 0.369 e. The number of rotatable bonds is 4. The third-order valence-corrected chi connectivity index (χ3v) is 4.66. The monoisotopic (exact) mass is 267 g/mol. The first-order valence-electron chi connectivity index (χ1n) is 7.74. The first-order valence-corrected chi connectivity index (χ1v) is 7.74. The van der Waals surface area contributed by atoms with Gasteiger partial charge in [-0.3, -0.25) is 4.79 Å². The highest BCUT2D eigenvalue weighted by Gasteiger charge is 2.48. The molecule has 2 unspecified atom stereocenters. The standard InChI is InChI=1S/C16H29NO2/c1-15(2)10-13(16(3,4)19-15)14(18)8-7-12-6-5-9-17-11-12/h12-13,17H,5-11H2,1-4H3. The Kier molecular flexibility index (Phi) is 4.36. The summed E-state index contributed by atoms with van der Waals surface area (Å²) in [6.07, 6.45) is 5.15. The molecule has 2 fully saturated rings. The average molecular weight is 267 g/mol. The van der Waals surface area contributed by atoms with E-state index in [9.17, 15) is 4.79 Å². The Hall–Kier alpha value is -0.410. The van der Waals surface area contributed by atoms with E-state index in [-0.39, 0.29) is 17.1 Å². The van der Waals surface area contributed by atoms with E-state index in [2.05, 4.69) is 33.0 Å². The molecular weight excluding hydrogens is 238 g/mol. The number of ether oxygens (including phenoxy) is 1. The first-order chi connectivity index (χ1) is 8.80. The van der Waals surface area contributed by atoms with Gasteiger partial charge >= 0.3 is 0 Å². The molecule has 2 aliphatic rings. The molecule has 0 bridgehead atoms. The highest BCUT2D eigenvalue weighted by molar-refractivity contribution is 5.82. The van der Waals surface area contributed by atoms with E-state index in [1.165, 1.54) is 12.8 Å². The summed E-state index contributed by atoms with van der Waals surface area (Å²) < 4.78 is 6.03. The molecule has 3 heteroatoms. The van der Waals surface area contributed by atoms with Crippen LogP contribution in [0, 0.1) is 11.8 Å². The lowest BCUT2D eigenvalue weighted by atomic mass is 9.81. The zero-order valence-electron chi connectivity index (χ0n) is 12.9. The van der Waals surface area contributed by atoms with Gasteiger partial charge in [0.2, 0.25) is 0 Å². The lowest BCUT2D eigenvalue weighted by Gasteiger charge is -2.27. The van der Waals surface area contributed by atoms with Crippen molar-refractivity contribution >= 4 is 5.78 Å². The van der Waals surface area contributed by atoms with Gasteiger partial charge in [-0.2, -0.15) is 0 Å². The molecule has 0 amide bonds. The summed E-state index contributed by atoms with van der Waals surface area (Å²) in [5, 5.41) is 3.42. The van der Waals surface area contributed by atoms with E-state index < -0.39 is 0 Å². The van der Waals surface area contributed by atoms with Gasteiger partial charge in [0.25, 0.3) is 0 Å². The molecule has 19 heavy (non-hydrogen) atoms. The smallest absolute Gasteiger partial charge is 0.138 e. The van der Waals surface area contributed by atoms with E-state index in [4.69, 9.17) is 4.74 Å². The van der Waals surface area contributed by atoms with Gasteiger partial charge in [-0.25, -0.2) is 0 Å². The van der Waals surface area contributed by atoms with E-state index in [0.717, 1.165) is 32.4 Å². The molecule has 110 valence electrons. The number of carbonyl (C=O) groups excluding carboxylic acids is 1. The second kappa shape index (κ2) is 5.53. The zero-order chi connectivity index (χ0) is 14.1. The van der Waals surface area contributed by atoms with Gasteiger partial charge in [-0.1, -0.05) is 0 Å². The minimum atomic E-state index is -0.300. The molecule has 2 aliphatic heterocycles. The van der Waals surface area contributed by atoms with Crippen molar-refractivity contribution in [2.75, 3.05) is 13.1 Å². The van der Waals surface area contributed by atoms with Gasteiger partial charge in [0, 0.05) is 12.3 Å². The number of hydrogen-bond acceptors (Lipinski definition) is 3. The van der Waals surface area contributed by atoms with E-state index in [1.807, 2.05) is 0 Å². The Morgan fingerprint density at radius 2 is 2.05 bits per heavy atom. The van der Waals surface area contributed by atoms with Crippen LogP contribution in [0.2, 0.25) is 0 Å². The highest BCUT2D eigenvalue weighted by atomic mass is 16.5. The summed E-state index contributed by atoms with van der Waals surface area (Å²) in [4.78, 5) is 12.5. The fourth-order valence-electron chi connectivity index (χ4n) is 3.75. The Labute approximate surface area is 117 Å². The van der Waals surface area contributed by atoms with E-state index >= 15 is 0 Å². The summed E-state index contributed by atoms with van der Waals surface area (Å²) in [6, 6.07) is 0. The predicted molar refractivity (Wildman–Crippen MR) is 77.2 cm³/mol. The van der Waals surface area contributed by atoms with Crippen LogP contribution < -0.4 is 5.32 Å². The number of Topliss-reactive ketones (excluding diaryl/α,β-unsaturated/α-hetero) is 1. The summed E-state index contributed by atoms with van der Waals surface area (Å²) in [6.45, 7) is 10.5. The van der Waals surface area contributed by atoms with Gasteiger partial charge in [0.1, 0.15) is 5.78 Å². The van der Waals surface area contributed by atoms with Crippen LogP contribution in [0.1, 0.15) is 59.8 Å². The molecular formula is C16H29NO2. The van der Waals surface area contributed by atoms with Crippen molar-refractivity contribution in [3.63, 3.8) is 0 Å².